The molecule has 0 heterocycles. The summed E-state index contributed by atoms with van der Waals surface area (Å²) in [5, 5.41) is 3.75. The molecule has 0 bridgehead atoms. The second-order valence-corrected chi connectivity index (χ2v) is 6.28. The summed E-state index contributed by atoms with van der Waals surface area (Å²) in [6, 6.07) is 9.96. The highest BCUT2D eigenvalue weighted by Crippen LogP contribution is 2.33. The van der Waals surface area contributed by atoms with Gasteiger partial charge in [0.1, 0.15) is 0 Å². The van der Waals surface area contributed by atoms with Gasteiger partial charge in [-0.2, -0.15) is 0 Å². The van der Waals surface area contributed by atoms with Crippen LogP contribution in [0.5, 0.6) is 0 Å². The zero-order valence-electron chi connectivity index (χ0n) is 13.3. The van der Waals surface area contributed by atoms with Crippen molar-refractivity contribution in [3.8, 4) is 0 Å². The van der Waals surface area contributed by atoms with Gasteiger partial charge in [0.2, 0.25) is 0 Å². The Bertz CT molecular complexity index is 360. The van der Waals surface area contributed by atoms with E-state index in [-0.39, 0.29) is 0 Å². The van der Waals surface area contributed by atoms with E-state index in [0.29, 0.717) is 6.04 Å². The predicted molar refractivity (Wildman–Crippen MR) is 88.0 cm³/mol. The number of nitrogens with one attached hydrogen (secondary N) is 1. The summed E-state index contributed by atoms with van der Waals surface area (Å²) in [6.07, 6.45) is 10.9. The van der Waals surface area contributed by atoms with Gasteiger partial charge in [-0.1, -0.05) is 70.2 Å². The molecule has 1 aliphatic rings. The molecule has 20 heavy (non-hydrogen) atoms. The van der Waals surface area contributed by atoms with E-state index >= 15 is 0 Å². The summed E-state index contributed by atoms with van der Waals surface area (Å²) >= 11 is 0. The Kier molecular flexibility index (Phi) is 6.59. The summed E-state index contributed by atoms with van der Waals surface area (Å²) in [7, 11) is 0. The van der Waals surface area contributed by atoms with Gasteiger partial charge in [0.05, 0.1) is 0 Å². The fourth-order valence-electron chi connectivity index (χ4n) is 3.60. The maximum atomic E-state index is 3.75. The third kappa shape index (κ3) is 4.34. The molecule has 1 unspecified atom stereocenters. The van der Waals surface area contributed by atoms with Crippen LogP contribution < -0.4 is 5.32 Å². The molecule has 0 aliphatic heterocycles. The summed E-state index contributed by atoms with van der Waals surface area (Å²) < 4.78 is 0. The maximum absolute atomic E-state index is 3.75. The van der Waals surface area contributed by atoms with Crippen molar-refractivity contribution in [2.45, 2.75) is 71.3 Å². The average molecular weight is 273 g/mol. The van der Waals surface area contributed by atoms with Gasteiger partial charge in [0, 0.05) is 6.04 Å². The molecular formula is C19H31N. The molecule has 0 radical (unpaired) electrons. The van der Waals surface area contributed by atoms with E-state index in [1.807, 2.05) is 0 Å². The van der Waals surface area contributed by atoms with Crippen molar-refractivity contribution in [1.82, 2.24) is 5.32 Å². The van der Waals surface area contributed by atoms with Crippen LogP contribution in [0.25, 0.3) is 0 Å². The van der Waals surface area contributed by atoms with Crippen LogP contribution in [-0.2, 0) is 6.42 Å². The van der Waals surface area contributed by atoms with E-state index in [2.05, 4.69) is 43.4 Å². The molecule has 1 fully saturated rings. The molecule has 2 rings (SSSR count). The van der Waals surface area contributed by atoms with E-state index in [0.717, 1.165) is 12.5 Å². The van der Waals surface area contributed by atoms with Gasteiger partial charge in [-0.15, -0.1) is 0 Å². The number of rotatable bonds is 6. The average Bonchev–Trinajstić information content (AvgIpc) is 2.75. The fourth-order valence-corrected chi connectivity index (χ4v) is 3.60. The molecule has 1 N–H and O–H groups in total. The lowest BCUT2D eigenvalue weighted by molar-refractivity contribution is 0.330. The number of hydrogen-bond donors (Lipinski definition) is 1. The molecular weight excluding hydrogens is 242 g/mol. The predicted octanol–water partition coefficient (Wildman–Crippen LogP) is 5.26. The van der Waals surface area contributed by atoms with Crippen LogP contribution in [-0.4, -0.2) is 6.54 Å². The first-order chi connectivity index (χ1) is 9.85. The van der Waals surface area contributed by atoms with Crippen LogP contribution in [0.3, 0.4) is 0 Å². The standard InChI is InChI=1S/C19H31N/c1-3-9-16-12-14-18(15-13-16)19(20-4-2)17-10-7-5-6-8-11-17/h12-15,17,19-20H,3-11H2,1-2H3. The van der Waals surface area contributed by atoms with Crippen LogP contribution in [0.1, 0.15) is 76.0 Å². The van der Waals surface area contributed by atoms with Crippen molar-refractivity contribution in [3.63, 3.8) is 0 Å². The molecule has 1 aliphatic carbocycles. The molecule has 1 heteroatoms. The lowest BCUT2D eigenvalue weighted by Gasteiger charge is -2.27. The molecule has 0 spiro atoms. The number of aryl methyl sites for hydroxylation is 1. The largest absolute Gasteiger partial charge is 0.310 e. The van der Waals surface area contributed by atoms with Gasteiger partial charge in [0.25, 0.3) is 0 Å². The van der Waals surface area contributed by atoms with Crippen molar-refractivity contribution in [3.05, 3.63) is 35.4 Å². The Balaban J connectivity index is 2.09. The van der Waals surface area contributed by atoms with Gasteiger partial charge in [-0.3, -0.25) is 0 Å². The Morgan fingerprint density at radius 1 is 1.00 bits per heavy atom. The molecule has 0 amide bonds. The normalized spacial score (nSPS) is 18.7. The van der Waals surface area contributed by atoms with Gasteiger partial charge >= 0.3 is 0 Å². The quantitative estimate of drug-likeness (QED) is 0.697. The highest BCUT2D eigenvalue weighted by Gasteiger charge is 2.23. The zero-order valence-corrected chi connectivity index (χ0v) is 13.3. The van der Waals surface area contributed by atoms with Crippen LogP contribution in [0.2, 0.25) is 0 Å². The first-order valence-electron chi connectivity index (χ1n) is 8.67. The highest BCUT2D eigenvalue weighted by molar-refractivity contribution is 5.25. The van der Waals surface area contributed by atoms with Crippen molar-refractivity contribution < 1.29 is 0 Å². The summed E-state index contributed by atoms with van der Waals surface area (Å²) in [4.78, 5) is 0. The van der Waals surface area contributed by atoms with Crippen molar-refractivity contribution in [2.75, 3.05) is 6.54 Å². The minimum absolute atomic E-state index is 0.564. The third-order valence-corrected chi connectivity index (χ3v) is 4.67. The summed E-state index contributed by atoms with van der Waals surface area (Å²) in [5.41, 5.74) is 2.98. The molecule has 1 atom stereocenters. The van der Waals surface area contributed by atoms with E-state index in [9.17, 15) is 0 Å². The van der Waals surface area contributed by atoms with E-state index in [4.69, 9.17) is 0 Å². The van der Waals surface area contributed by atoms with E-state index in [1.54, 1.807) is 0 Å². The van der Waals surface area contributed by atoms with Crippen molar-refractivity contribution in [1.29, 1.82) is 0 Å². The van der Waals surface area contributed by atoms with E-state index < -0.39 is 0 Å². The Morgan fingerprint density at radius 2 is 1.65 bits per heavy atom. The van der Waals surface area contributed by atoms with Crippen LogP contribution in [0, 0.1) is 5.92 Å². The molecule has 0 aromatic heterocycles. The smallest absolute Gasteiger partial charge is 0.0348 e. The van der Waals surface area contributed by atoms with Gasteiger partial charge in [-0.25, -0.2) is 0 Å². The summed E-state index contributed by atoms with van der Waals surface area (Å²) in [5.74, 6) is 0.828. The number of hydrogen-bond acceptors (Lipinski definition) is 1. The van der Waals surface area contributed by atoms with Gasteiger partial charge in [-0.05, 0) is 42.9 Å². The summed E-state index contributed by atoms with van der Waals surface area (Å²) in [6.45, 7) is 5.55. The minimum Gasteiger partial charge on any atom is -0.310 e. The van der Waals surface area contributed by atoms with Crippen molar-refractivity contribution in [2.24, 2.45) is 5.92 Å². The van der Waals surface area contributed by atoms with Crippen LogP contribution in [0.15, 0.2) is 24.3 Å². The molecule has 0 saturated heterocycles. The Labute approximate surface area is 125 Å². The maximum Gasteiger partial charge on any atom is 0.0348 e. The molecule has 1 nitrogen and oxygen atoms in total. The second-order valence-electron chi connectivity index (χ2n) is 6.28. The van der Waals surface area contributed by atoms with Crippen LogP contribution in [0.4, 0.5) is 0 Å². The zero-order chi connectivity index (χ0) is 14.2. The second kappa shape index (κ2) is 8.46. The Morgan fingerprint density at radius 3 is 2.20 bits per heavy atom. The van der Waals surface area contributed by atoms with Gasteiger partial charge < -0.3 is 5.32 Å². The molecule has 112 valence electrons. The van der Waals surface area contributed by atoms with Gasteiger partial charge in [0.15, 0.2) is 0 Å². The first-order valence-corrected chi connectivity index (χ1v) is 8.67. The third-order valence-electron chi connectivity index (χ3n) is 4.67. The SMILES string of the molecule is CCCc1ccc(C(NCC)C2CCCCCC2)cc1. The van der Waals surface area contributed by atoms with Crippen molar-refractivity contribution >= 4 is 0 Å². The molecule has 1 aromatic carbocycles. The lowest BCUT2D eigenvalue weighted by Crippen LogP contribution is -2.28. The highest BCUT2D eigenvalue weighted by atomic mass is 14.9. The lowest BCUT2D eigenvalue weighted by atomic mass is 9.86. The molecule has 1 saturated carbocycles. The fraction of sp³-hybridized carbons (Fsp3) is 0.684. The van der Waals surface area contributed by atoms with E-state index in [1.165, 1.54) is 62.5 Å². The topological polar surface area (TPSA) is 12.0 Å². The first kappa shape index (κ1) is 15.6. The Hall–Kier alpha value is -0.820. The number of benzene rings is 1. The monoisotopic (exact) mass is 273 g/mol. The van der Waals surface area contributed by atoms with Crippen LogP contribution >= 0.6 is 0 Å². The minimum atomic E-state index is 0.564. The molecule has 1 aromatic rings.